The van der Waals surface area contributed by atoms with E-state index >= 15 is 4.39 Å². The number of aliphatic hydroxyl groups is 1. The minimum absolute atomic E-state index is 0.0303. The lowest BCUT2D eigenvalue weighted by Gasteiger charge is -2.54. The van der Waals surface area contributed by atoms with Crippen LogP contribution in [-0.2, 0) is 11.2 Å². The van der Waals surface area contributed by atoms with Crippen molar-refractivity contribution in [2.75, 3.05) is 18.4 Å². The predicted octanol–water partition coefficient (Wildman–Crippen LogP) is 8.02. The van der Waals surface area contributed by atoms with Crippen LogP contribution in [0.2, 0.25) is 0 Å². The van der Waals surface area contributed by atoms with Crippen molar-refractivity contribution in [2.45, 2.75) is 116 Å². The first-order valence-electron chi connectivity index (χ1n) is 17.4. The predicted molar refractivity (Wildman–Crippen MR) is 177 cm³/mol. The number of benzene rings is 2. The third kappa shape index (κ3) is 7.40. The summed E-state index contributed by atoms with van der Waals surface area (Å²) in [7, 11) is 0. The maximum Gasteiger partial charge on any atom is 0.253 e. The molecule has 2 fully saturated rings. The summed E-state index contributed by atoms with van der Waals surface area (Å²) in [5.41, 5.74) is 3.09. The fourth-order valence-corrected chi connectivity index (χ4v) is 9.05. The van der Waals surface area contributed by atoms with Crippen LogP contribution in [0.15, 0.2) is 42.5 Å². The van der Waals surface area contributed by atoms with Gasteiger partial charge in [-0.05, 0) is 116 Å². The third-order valence-electron chi connectivity index (χ3n) is 11.3. The molecular weight excluding hydrogens is 567 g/mol. The topological polar surface area (TPSA) is 89.9 Å². The van der Waals surface area contributed by atoms with Crippen molar-refractivity contribution >= 4 is 17.5 Å². The number of fused-ring (bicyclic) bond motifs is 5. The second kappa shape index (κ2) is 14.7. The van der Waals surface area contributed by atoms with E-state index in [0.29, 0.717) is 36.1 Å². The number of unbranched alkanes of at least 4 members (excludes halogenated alkanes) is 5. The molecule has 2 aromatic carbocycles. The lowest BCUT2D eigenvalue weighted by atomic mass is 9.51. The Balaban J connectivity index is 1.23. The molecule has 7 heteroatoms. The first-order chi connectivity index (χ1) is 21.6. The van der Waals surface area contributed by atoms with E-state index in [0.717, 1.165) is 88.3 Å². The number of carbonyl (C=O) groups is 2. The van der Waals surface area contributed by atoms with Gasteiger partial charge < -0.3 is 20.4 Å². The number of hydrogen-bond donors (Lipinski definition) is 3. The summed E-state index contributed by atoms with van der Waals surface area (Å²) in [6.45, 7) is 7.20. The lowest BCUT2D eigenvalue weighted by Crippen LogP contribution is -2.51. The number of nitrogens with one attached hydrogen (secondary N) is 1. The fraction of sp³-hybridized carbons (Fsp3) is 0.632. The first-order valence-corrected chi connectivity index (χ1v) is 17.4. The Kier molecular flexibility index (Phi) is 10.9. The van der Waals surface area contributed by atoms with Gasteiger partial charge in [0.15, 0.2) is 0 Å². The Morgan fingerprint density at radius 1 is 1.00 bits per heavy atom. The maximum absolute atomic E-state index is 16.1. The van der Waals surface area contributed by atoms with Crippen molar-refractivity contribution in [3.63, 3.8) is 0 Å². The SMILES string of the molecule is CCCCCCN(CCCCC[C@@H]1Cc2cc(O)ccc2C2C1C1CC[C@H](O)[C@@]1(C)C[C@@H]2F)C(=O)c1ccc(NC(C)=O)cc1. The number of nitrogens with zero attached hydrogens (tertiary/aromatic N) is 1. The quantitative estimate of drug-likeness (QED) is 0.198. The largest absolute Gasteiger partial charge is 0.508 e. The van der Waals surface area contributed by atoms with Crippen LogP contribution in [0.5, 0.6) is 5.75 Å². The standard InChI is InChI=1S/C38H53FN2O4/c1-4-5-6-9-20-41(37(45)26-12-14-29(15-13-26)40-25(2)42)21-10-7-8-11-27-22-28-23-30(43)16-17-31(28)36-33(39)24-38(3)32(35(27)36)18-19-34(38)44/h12-17,23,27,32-36,43-44H,4-11,18-22,24H2,1-3H3,(H,40,42)/t27-,32?,33+,34+,35?,36?,38+/m1/s1. The number of alkyl halides is 1. The van der Waals surface area contributed by atoms with Crippen molar-refractivity contribution < 1.29 is 24.2 Å². The summed E-state index contributed by atoms with van der Waals surface area (Å²) in [4.78, 5) is 26.9. The summed E-state index contributed by atoms with van der Waals surface area (Å²) in [6, 6.07) is 12.6. The van der Waals surface area contributed by atoms with Crippen LogP contribution in [-0.4, -0.2) is 52.3 Å². The number of aromatic hydroxyl groups is 1. The van der Waals surface area contributed by atoms with Gasteiger partial charge in [0, 0.05) is 37.2 Å². The zero-order valence-electron chi connectivity index (χ0n) is 27.4. The van der Waals surface area contributed by atoms with Crippen molar-refractivity contribution in [1.82, 2.24) is 4.90 Å². The van der Waals surface area contributed by atoms with Gasteiger partial charge in [-0.1, -0.05) is 52.0 Å². The van der Waals surface area contributed by atoms with Crippen LogP contribution < -0.4 is 5.32 Å². The number of halogens is 1. The van der Waals surface area contributed by atoms with Crippen LogP contribution in [0.4, 0.5) is 10.1 Å². The highest BCUT2D eigenvalue weighted by Gasteiger charge is 2.59. The Hall–Kier alpha value is -2.93. The Morgan fingerprint density at radius 2 is 1.71 bits per heavy atom. The highest BCUT2D eigenvalue weighted by molar-refractivity contribution is 5.95. The van der Waals surface area contributed by atoms with E-state index in [1.165, 1.54) is 6.92 Å². The molecule has 5 rings (SSSR count). The molecule has 2 amide bonds. The number of amides is 2. The summed E-state index contributed by atoms with van der Waals surface area (Å²) < 4.78 is 16.1. The van der Waals surface area contributed by atoms with Crippen LogP contribution in [0, 0.1) is 23.2 Å². The maximum atomic E-state index is 16.1. The lowest BCUT2D eigenvalue weighted by molar-refractivity contribution is -0.114. The Morgan fingerprint density at radius 3 is 2.40 bits per heavy atom. The monoisotopic (exact) mass is 620 g/mol. The van der Waals surface area contributed by atoms with Gasteiger partial charge >= 0.3 is 0 Å². The van der Waals surface area contributed by atoms with Crippen molar-refractivity contribution in [2.24, 2.45) is 23.2 Å². The molecule has 0 bridgehead atoms. The van der Waals surface area contributed by atoms with E-state index in [1.807, 2.05) is 17.0 Å². The van der Waals surface area contributed by atoms with E-state index in [2.05, 4.69) is 19.2 Å². The smallest absolute Gasteiger partial charge is 0.253 e. The second-order valence-corrected chi connectivity index (χ2v) is 14.3. The van der Waals surface area contributed by atoms with E-state index < -0.39 is 12.3 Å². The molecule has 2 aromatic rings. The molecule has 0 heterocycles. The van der Waals surface area contributed by atoms with Gasteiger partial charge in [0.1, 0.15) is 11.9 Å². The average molecular weight is 621 g/mol. The highest BCUT2D eigenvalue weighted by Crippen LogP contribution is 2.63. The highest BCUT2D eigenvalue weighted by atomic mass is 19.1. The number of phenolic OH excluding ortho intramolecular Hbond substituents is 1. The molecule has 6 nitrogen and oxygen atoms in total. The van der Waals surface area contributed by atoms with E-state index in [-0.39, 0.29) is 34.8 Å². The van der Waals surface area contributed by atoms with Crippen LogP contribution in [0.1, 0.15) is 119 Å². The molecule has 246 valence electrons. The number of aliphatic hydroxyl groups excluding tert-OH is 1. The molecule has 2 saturated carbocycles. The van der Waals surface area contributed by atoms with Gasteiger partial charge in [-0.25, -0.2) is 4.39 Å². The molecule has 0 spiro atoms. The molecule has 0 aromatic heterocycles. The van der Waals surface area contributed by atoms with Crippen molar-refractivity contribution in [3.8, 4) is 5.75 Å². The molecule has 45 heavy (non-hydrogen) atoms. The van der Waals surface area contributed by atoms with Gasteiger partial charge in [0.25, 0.3) is 5.91 Å². The number of phenols is 1. The van der Waals surface area contributed by atoms with Gasteiger partial charge in [-0.2, -0.15) is 0 Å². The first kappa shape index (κ1) is 33.4. The fourth-order valence-electron chi connectivity index (χ4n) is 9.05. The molecule has 3 N–H and O–H groups in total. The van der Waals surface area contributed by atoms with Crippen LogP contribution >= 0.6 is 0 Å². The molecule has 3 aliphatic rings. The number of rotatable bonds is 13. The Labute approximate surface area is 268 Å². The summed E-state index contributed by atoms with van der Waals surface area (Å²) in [6.07, 6.45) is 9.82. The number of hydrogen-bond acceptors (Lipinski definition) is 4. The van der Waals surface area contributed by atoms with E-state index in [4.69, 9.17) is 0 Å². The minimum Gasteiger partial charge on any atom is -0.508 e. The molecule has 0 saturated heterocycles. The normalized spacial score (nSPS) is 28.6. The zero-order chi connectivity index (χ0) is 32.1. The van der Waals surface area contributed by atoms with Crippen LogP contribution in [0.25, 0.3) is 0 Å². The zero-order valence-corrected chi connectivity index (χ0v) is 27.4. The molecule has 7 atom stereocenters. The minimum atomic E-state index is -0.991. The molecule has 0 aliphatic heterocycles. The van der Waals surface area contributed by atoms with Crippen LogP contribution in [0.3, 0.4) is 0 Å². The Bertz CT molecular complexity index is 1320. The summed E-state index contributed by atoms with van der Waals surface area (Å²) in [5, 5.41) is 23.9. The van der Waals surface area contributed by atoms with Crippen molar-refractivity contribution in [3.05, 3.63) is 59.2 Å². The van der Waals surface area contributed by atoms with Gasteiger partial charge in [-0.15, -0.1) is 0 Å². The number of carbonyl (C=O) groups excluding carboxylic acids is 2. The van der Waals surface area contributed by atoms with Gasteiger partial charge in [-0.3, -0.25) is 9.59 Å². The van der Waals surface area contributed by atoms with E-state index in [9.17, 15) is 19.8 Å². The summed E-state index contributed by atoms with van der Waals surface area (Å²) >= 11 is 0. The second-order valence-electron chi connectivity index (χ2n) is 14.3. The third-order valence-corrected chi connectivity index (χ3v) is 11.3. The molecule has 0 radical (unpaired) electrons. The molecular formula is C38H53FN2O4. The molecule has 3 aliphatic carbocycles. The number of anilines is 1. The van der Waals surface area contributed by atoms with Gasteiger partial charge in [0.05, 0.1) is 6.10 Å². The van der Waals surface area contributed by atoms with Crippen molar-refractivity contribution in [1.29, 1.82) is 0 Å². The average Bonchev–Trinajstić information content (AvgIpc) is 3.30. The van der Waals surface area contributed by atoms with Gasteiger partial charge in [0.2, 0.25) is 5.91 Å². The van der Waals surface area contributed by atoms with E-state index in [1.54, 1.807) is 30.3 Å². The molecule has 3 unspecified atom stereocenters. The summed E-state index contributed by atoms with van der Waals surface area (Å²) in [5.74, 6) is 0.784.